The normalized spacial score (nSPS) is 12.5. The predicted molar refractivity (Wildman–Crippen MR) is 80.6 cm³/mol. The van der Waals surface area contributed by atoms with Crippen molar-refractivity contribution in [1.29, 1.82) is 0 Å². The molecule has 1 aromatic carbocycles. The highest BCUT2D eigenvalue weighted by molar-refractivity contribution is 9.10. The van der Waals surface area contributed by atoms with Crippen LogP contribution >= 0.6 is 38.9 Å². The lowest BCUT2D eigenvalue weighted by molar-refractivity contribution is 0.215. The van der Waals surface area contributed by atoms with Crippen LogP contribution in [0.1, 0.15) is 15.9 Å². The first-order chi connectivity index (χ1) is 9.01. The lowest BCUT2D eigenvalue weighted by Gasteiger charge is -2.17. The van der Waals surface area contributed by atoms with Crippen LogP contribution < -0.4 is 10.5 Å². The largest absolute Gasteiger partial charge is 0.482 e. The monoisotopic (exact) mass is 363 g/mol. The first kappa shape index (κ1) is 14.8. The van der Waals surface area contributed by atoms with Crippen molar-refractivity contribution in [3.05, 3.63) is 49.3 Å². The van der Waals surface area contributed by atoms with Crippen molar-refractivity contribution in [3.63, 3.8) is 0 Å². The molecule has 1 unspecified atom stereocenters. The Hall–Kier alpha value is -0.620. The Kier molecular flexibility index (Phi) is 4.84. The average Bonchev–Trinajstić information content (AvgIpc) is 2.78. The number of hydrogen-bond acceptors (Lipinski definition) is 3. The third-order valence-electron chi connectivity index (χ3n) is 2.54. The summed E-state index contributed by atoms with van der Waals surface area (Å²) < 4.78 is 19.8. The molecule has 6 heteroatoms. The van der Waals surface area contributed by atoms with Crippen LogP contribution in [-0.2, 0) is 0 Å². The molecule has 19 heavy (non-hydrogen) atoms. The zero-order valence-corrected chi connectivity index (χ0v) is 13.3. The molecule has 102 valence electrons. The standard InChI is InChI=1S/C13H12BrClFNOS/c1-7-2-3-13(19-7)12(6-17)18-11-5-10(16)9(15)4-8(11)14/h2-5,12H,6,17H2,1H3. The molecule has 2 N–H and O–H groups in total. The third kappa shape index (κ3) is 3.48. The Morgan fingerprint density at radius 1 is 1.47 bits per heavy atom. The van der Waals surface area contributed by atoms with E-state index >= 15 is 0 Å². The summed E-state index contributed by atoms with van der Waals surface area (Å²) in [5, 5.41) is 0.0514. The number of thiophene rings is 1. The molecule has 0 fully saturated rings. The fraction of sp³-hybridized carbons (Fsp3) is 0.231. The highest BCUT2D eigenvalue weighted by Crippen LogP contribution is 2.34. The molecule has 2 nitrogen and oxygen atoms in total. The molecule has 1 aromatic heterocycles. The van der Waals surface area contributed by atoms with Crippen LogP contribution in [-0.4, -0.2) is 6.54 Å². The van der Waals surface area contributed by atoms with Gasteiger partial charge in [0, 0.05) is 22.4 Å². The van der Waals surface area contributed by atoms with Crippen molar-refractivity contribution in [1.82, 2.24) is 0 Å². The second-order valence-corrected chi connectivity index (χ2v) is 6.57. The molecule has 0 aliphatic carbocycles. The topological polar surface area (TPSA) is 35.2 Å². The molecule has 2 aromatic rings. The van der Waals surface area contributed by atoms with Gasteiger partial charge < -0.3 is 10.5 Å². The fourth-order valence-corrected chi connectivity index (χ4v) is 3.25. The maximum Gasteiger partial charge on any atom is 0.145 e. The second-order valence-electron chi connectivity index (χ2n) is 3.99. The molecule has 0 spiro atoms. The predicted octanol–water partition coefficient (Wildman–Crippen LogP) is 4.69. The maximum absolute atomic E-state index is 13.5. The van der Waals surface area contributed by atoms with Gasteiger partial charge >= 0.3 is 0 Å². The summed E-state index contributed by atoms with van der Waals surface area (Å²) in [7, 11) is 0. The van der Waals surface area contributed by atoms with Gasteiger partial charge in [-0.3, -0.25) is 0 Å². The van der Waals surface area contributed by atoms with E-state index in [9.17, 15) is 4.39 Å². The molecule has 0 saturated heterocycles. The van der Waals surface area contributed by atoms with Gasteiger partial charge in [-0.05, 0) is 41.1 Å². The number of nitrogens with two attached hydrogens (primary N) is 1. The Bertz CT molecular complexity index is 590. The molecule has 0 bridgehead atoms. The summed E-state index contributed by atoms with van der Waals surface area (Å²) in [5.41, 5.74) is 5.73. The van der Waals surface area contributed by atoms with Gasteiger partial charge in [0.05, 0.1) is 9.50 Å². The molecule has 1 heterocycles. The van der Waals surface area contributed by atoms with Crippen molar-refractivity contribution >= 4 is 38.9 Å². The van der Waals surface area contributed by atoms with Gasteiger partial charge in [-0.25, -0.2) is 4.39 Å². The van der Waals surface area contributed by atoms with E-state index in [2.05, 4.69) is 15.9 Å². The van der Waals surface area contributed by atoms with Gasteiger partial charge in [0.2, 0.25) is 0 Å². The minimum Gasteiger partial charge on any atom is -0.482 e. The molecule has 0 aliphatic rings. The van der Waals surface area contributed by atoms with E-state index in [4.69, 9.17) is 22.1 Å². The van der Waals surface area contributed by atoms with E-state index in [0.717, 1.165) is 4.88 Å². The summed E-state index contributed by atoms with van der Waals surface area (Å²) in [4.78, 5) is 2.20. The number of rotatable bonds is 4. The Balaban J connectivity index is 2.26. The van der Waals surface area contributed by atoms with E-state index in [1.54, 1.807) is 11.3 Å². The quantitative estimate of drug-likeness (QED) is 0.799. The molecule has 0 aliphatic heterocycles. The highest BCUT2D eigenvalue weighted by atomic mass is 79.9. The Morgan fingerprint density at radius 2 is 2.21 bits per heavy atom. The first-order valence-corrected chi connectivity index (χ1v) is 7.57. The zero-order chi connectivity index (χ0) is 14.0. The molecule has 1 atom stereocenters. The van der Waals surface area contributed by atoms with E-state index in [1.165, 1.54) is 17.0 Å². The van der Waals surface area contributed by atoms with Crippen LogP contribution in [0.25, 0.3) is 0 Å². The molecule has 0 saturated carbocycles. The molecule has 0 radical (unpaired) electrons. The first-order valence-electron chi connectivity index (χ1n) is 5.59. The number of ether oxygens (including phenoxy) is 1. The van der Waals surface area contributed by atoms with Gasteiger partial charge in [0.15, 0.2) is 0 Å². The fourth-order valence-electron chi connectivity index (χ4n) is 1.60. The summed E-state index contributed by atoms with van der Waals surface area (Å²) in [6.45, 7) is 2.33. The minimum atomic E-state index is -0.516. The maximum atomic E-state index is 13.5. The molecule has 2 rings (SSSR count). The lowest BCUT2D eigenvalue weighted by Crippen LogP contribution is -2.17. The summed E-state index contributed by atoms with van der Waals surface area (Å²) in [5.74, 6) is -0.124. The van der Waals surface area contributed by atoms with Crippen LogP contribution in [0.5, 0.6) is 5.75 Å². The second kappa shape index (κ2) is 6.22. The van der Waals surface area contributed by atoms with E-state index in [-0.39, 0.29) is 11.1 Å². The van der Waals surface area contributed by atoms with Crippen LogP contribution in [0, 0.1) is 12.7 Å². The van der Waals surface area contributed by atoms with Gasteiger partial charge in [0.25, 0.3) is 0 Å². The number of aryl methyl sites for hydroxylation is 1. The van der Waals surface area contributed by atoms with Gasteiger partial charge in [0.1, 0.15) is 17.7 Å². The van der Waals surface area contributed by atoms with Crippen molar-refractivity contribution in [3.8, 4) is 5.75 Å². The van der Waals surface area contributed by atoms with E-state index in [0.29, 0.717) is 16.8 Å². The lowest BCUT2D eigenvalue weighted by atomic mass is 10.2. The molecular weight excluding hydrogens is 353 g/mol. The average molecular weight is 365 g/mol. The van der Waals surface area contributed by atoms with Crippen LogP contribution in [0.4, 0.5) is 4.39 Å². The summed E-state index contributed by atoms with van der Waals surface area (Å²) >= 11 is 10.6. The minimum absolute atomic E-state index is 0.0514. The van der Waals surface area contributed by atoms with Crippen molar-refractivity contribution < 1.29 is 9.13 Å². The zero-order valence-electron chi connectivity index (χ0n) is 10.1. The van der Waals surface area contributed by atoms with Crippen LogP contribution in [0.15, 0.2) is 28.7 Å². The molecular formula is C13H12BrClFNOS. The Labute approximate surface area is 128 Å². The number of benzene rings is 1. The van der Waals surface area contributed by atoms with E-state index in [1.807, 2.05) is 19.1 Å². The van der Waals surface area contributed by atoms with E-state index < -0.39 is 5.82 Å². The SMILES string of the molecule is Cc1ccc(C(CN)Oc2cc(F)c(Cl)cc2Br)s1. The van der Waals surface area contributed by atoms with Crippen molar-refractivity contribution in [2.24, 2.45) is 5.73 Å². The molecule has 0 amide bonds. The summed E-state index contributed by atoms with van der Waals surface area (Å²) in [6, 6.07) is 6.70. The van der Waals surface area contributed by atoms with Crippen LogP contribution in [0.3, 0.4) is 0 Å². The number of halogens is 3. The van der Waals surface area contributed by atoms with Gasteiger partial charge in [-0.15, -0.1) is 11.3 Å². The summed E-state index contributed by atoms with van der Waals surface area (Å²) in [6.07, 6.45) is -0.296. The third-order valence-corrected chi connectivity index (χ3v) is 4.54. The smallest absolute Gasteiger partial charge is 0.145 e. The Morgan fingerprint density at radius 3 is 2.79 bits per heavy atom. The van der Waals surface area contributed by atoms with Crippen molar-refractivity contribution in [2.45, 2.75) is 13.0 Å². The van der Waals surface area contributed by atoms with Crippen LogP contribution in [0.2, 0.25) is 5.02 Å². The highest BCUT2D eigenvalue weighted by Gasteiger charge is 2.16. The van der Waals surface area contributed by atoms with Crippen molar-refractivity contribution in [2.75, 3.05) is 6.54 Å². The van der Waals surface area contributed by atoms with Gasteiger partial charge in [-0.2, -0.15) is 0 Å². The number of hydrogen-bond donors (Lipinski definition) is 1. The van der Waals surface area contributed by atoms with Gasteiger partial charge in [-0.1, -0.05) is 11.6 Å².